The van der Waals surface area contributed by atoms with E-state index in [9.17, 15) is 0 Å². The molecule has 0 aliphatic heterocycles. The highest BCUT2D eigenvalue weighted by atomic mass is 79.9. The Hall–Kier alpha value is -0.583. The molecular formula is C18H26BrNOSi. The molecule has 1 aromatic carbocycles. The highest BCUT2D eigenvalue weighted by Gasteiger charge is 2.31. The maximum Gasteiger partial charge on any atom is 0.237 e. The van der Waals surface area contributed by atoms with Gasteiger partial charge in [-0.05, 0) is 55.5 Å². The summed E-state index contributed by atoms with van der Waals surface area (Å²) in [6.45, 7) is 15.5. The molecular weight excluding hydrogens is 354 g/mol. The summed E-state index contributed by atoms with van der Waals surface area (Å²) in [5.74, 6) is 0.600. The fraction of sp³-hybridized carbons (Fsp3) is 0.556. The summed E-state index contributed by atoms with van der Waals surface area (Å²) in [5, 5.41) is 1.42. The summed E-state index contributed by atoms with van der Waals surface area (Å²) in [7, 11) is 0.469. The van der Waals surface area contributed by atoms with E-state index in [-0.39, 0.29) is 10.6 Å². The lowest BCUT2D eigenvalue weighted by Crippen LogP contribution is -2.31. The molecule has 4 heteroatoms. The number of hydrogen-bond acceptors (Lipinski definition) is 1. The van der Waals surface area contributed by atoms with Crippen LogP contribution in [0.1, 0.15) is 52.8 Å². The number of benzene rings is 1. The molecule has 1 heterocycles. The summed E-state index contributed by atoms with van der Waals surface area (Å²) >= 11 is 3.61. The van der Waals surface area contributed by atoms with Crippen LogP contribution in [0.2, 0.25) is 5.04 Å². The molecule has 2 aromatic rings. The predicted molar refractivity (Wildman–Crippen MR) is 99.5 cm³/mol. The van der Waals surface area contributed by atoms with Gasteiger partial charge in [-0.25, -0.2) is 0 Å². The van der Waals surface area contributed by atoms with Gasteiger partial charge in [0.2, 0.25) is 9.76 Å². The van der Waals surface area contributed by atoms with E-state index in [0.717, 1.165) is 10.2 Å². The van der Waals surface area contributed by atoms with Crippen molar-refractivity contribution in [3.8, 4) is 0 Å². The van der Waals surface area contributed by atoms with Crippen molar-refractivity contribution in [2.24, 2.45) is 5.92 Å². The summed E-state index contributed by atoms with van der Waals surface area (Å²) in [6, 6.07) is 6.55. The molecule has 2 radical (unpaired) electrons. The topological polar surface area (TPSA) is 25.0 Å². The van der Waals surface area contributed by atoms with Crippen molar-refractivity contribution in [3.63, 3.8) is 0 Å². The molecule has 0 saturated heterocycles. The van der Waals surface area contributed by atoms with E-state index in [1.165, 1.54) is 16.5 Å². The van der Waals surface area contributed by atoms with Crippen LogP contribution in [0.4, 0.5) is 0 Å². The smallest absolute Gasteiger partial charge is 0.237 e. The molecule has 0 atom stereocenters. The molecule has 0 amide bonds. The van der Waals surface area contributed by atoms with Gasteiger partial charge in [0.15, 0.2) is 0 Å². The van der Waals surface area contributed by atoms with Crippen LogP contribution in [-0.2, 0) is 10.0 Å². The third-order valence-electron chi connectivity index (χ3n) is 4.56. The molecule has 0 saturated carbocycles. The molecule has 1 N–H and O–H groups in total. The minimum Gasteiger partial charge on any atom is -0.406 e. The zero-order chi connectivity index (χ0) is 16.7. The number of hydrogen-bond donors (Lipinski definition) is 1. The second-order valence-electron chi connectivity index (χ2n) is 7.46. The highest BCUT2D eigenvalue weighted by molar-refractivity contribution is 9.10. The number of nitrogens with one attached hydrogen (secondary N) is 1. The Labute approximate surface area is 145 Å². The van der Waals surface area contributed by atoms with Gasteiger partial charge in [-0.1, -0.05) is 43.6 Å². The standard InChI is InChI=1S/C18H26BrNOSi/c1-11(2)18(6,7)22-21-17(4,5)16-10-13-9-14(19)12(3)8-15(13)20-16/h8-11,20H,1-7H3. The minimum absolute atomic E-state index is 0.197. The SMILES string of the molecule is Cc1cc2[nH]c(C(C)(C)O[Si]C(C)(C)C(C)C)cc2cc1Br. The van der Waals surface area contributed by atoms with E-state index in [4.69, 9.17) is 4.43 Å². The summed E-state index contributed by atoms with van der Waals surface area (Å²) < 4.78 is 7.46. The van der Waals surface area contributed by atoms with Gasteiger partial charge in [0.05, 0.1) is 5.60 Å². The maximum absolute atomic E-state index is 6.32. The van der Waals surface area contributed by atoms with Crippen LogP contribution < -0.4 is 0 Å². The molecule has 22 heavy (non-hydrogen) atoms. The molecule has 1 aromatic heterocycles. The second-order valence-corrected chi connectivity index (χ2v) is 10.0. The third-order valence-corrected chi connectivity index (χ3v) is 7.13. The van der Waals surface area contributed by atoms with Crippen LogP contribution >= 0.6 is 15.9 Å². The van der Waals surface area contributed by atoms with Gasteiger partial charge in [-0.15, -0.1) is 0 Å². The molecule has 0 fully saturated rings. The lowest BCUT2D eigenvalue weighted by molar-refractivity contribution is 0.102. The Bertz CT molecular complexity index is 634. The lowest BCUT2D eigenvalue weighted by Gasteiger charge is -2.32. The summed E-state index contributed by atoms with van der Waals surface area (Å²) in [4.78, 5) is 3.53. The first-order chi connectivity index (χ1) is 10.0. The molecule has 120 valence electrons. The number of aromatic amines is 1. The molecule has 2 rings (SSSR count). The molecule has 0 spiro atoms. The highest BCUT2D eigenvalue weighted by Crippen LogP contribution is 2.36. The summed E-state index contributed by atoms with van der Waals surface area (Å²) in [5.41, 5.74) is 3.22. The number of fused-ring (bicyclic) bond motifs is 1. The normalized spacial score (nSPS) is 13.3. The van der Waals surface area contributed by atoms with E-state index in [2.05, 4.69) is 87.6 Å². The zero-order valence-corrected chi connectivity index (χ0v) is 17.2. The third kappa shape index (κ3) is 3.66. The van der Waals surface area contributed by atoms with Crippen LogP contribution in [0.25, 0.3) is 10.9 Å². The monoisotopic (exact) mass is 379 g/mol. The van der Waals surface area contributed by atoms with Crippen LogP contribution in [0, 0.1) is 12.8 Å². The Balaban J connectivity index is 2.26. The maximum atomic E-state index is 6.32. The fourth-order valence-electron chi connectivity index (χ4n) is 2.02. The van der Waals surface area contributed by atoms with Crippen molar-refractivity contribution >= 4 is 36.6 Å². The number of aromatic nitrogens is 1. The molecule has 0 bridgehead atoms. The fourth-order valence-corrected chi connectivity index (χ4v) is 3.24. The largest absolute Gasteiger partial charge is 0.406 e. The molecule has 2 nitrogen and oxygen atoms in total. The van der Waals surface area contributed by atoms with Gasteiger partial charge in [0.25, 0.3) is 0 Å². The quantitative estimate of drug-likeness (QED) is 0.636. The number of H-pyrrole nitrogens is 1. The zero-order valence-electron chi connectivity index (χ0n) is 14.6. The average molecular weight is 380 g/mol. The van der Waals surface area contributed by atoms with Crippen molar-refractivity contribution < 1.29 is 4.43 Å². The Morgan fingerprint density at radius 1 is 1.14 bits per heavy atom. The predicted octanol–water partition coefficient (Wildman–Crippen LogP) is 5.96. The van der Waals surface area contributed by atoms with Crippen LogP contribution in [0.5, 0.6) is 0 Å². The average Bonchev–Trinajstić information content (AvgIpc) is 2.81. The van der Waals surface area contributed by atoms with E-state index in [1.54, 1.807) is 0 Å². The van der Waals surface area contributed by atoms with Gasteiger partial charge in [-0.2, -0.15) is 0 Å². The van der Waals surface area contributed by atoms with Crippen molar-refractivity contribution in [3.05, 3.63) is 33.9 Å². The van der Waals surface area contributed by atoms with Crippen molar-refractivity contribution in [2.75, 3.05) is 0 Å². The Morgan fingerprint density at radius 3 is 2.36 bits per heavy atom. The van der Waals surface area contributed by atoms with Crippen molar-refractivity contribution in [1.82, 2.24) is 4.98 Å². The van der Waals surface area contributed by atoms with E-state index < -0.39 is 0 Å². The minimum atomic E-state index is -0.315. The van der Waals surface area contributed by atoms with E-state index in [1.807, 2.05) is 0 Å². The Kier molecular flexibility index (Phi) is 4.96. The first-order valence-corrected chi connectivity index (χ1v) is 9.47. The number of aryl methyl sites for hydroxylation is 1. The molecule has 0 aliphatic rings. The van der Waals surface area contributed by atoms with Gasteiger partial charge >= 0.3 is 0 Å². The van der Waals surface area contributed by atoms with Crippen molar-refractivity contribution in [1.29, 1.82) is 0 Å². The summed E-state index contributed by atoms with van der Waals surface area (Å²) in [6.07, 6.45) is 0. The van der Waals surface area contributed by atoms with Gasteiger partial charge in [-0.3, -0.25) is 0 Å². The van der Waals surface area contributed by atoms with E-state index >= 15 is 0 Å². The number of halogens is 1. The molecule has 0 aliphatic carbocycles. The first kappa shape index (κ1) is 17.8. The van der Waals surface area contributed by atoms with E-state index in [0.29, 0.717) is 15.7 Å². The van der Waals surface area contributed by atoms with Crippen LogP contribution in [0.15, 0.2) is 22.7 Å². The number of rotatable bonds is 5. The second kappa shape index (κ2) is 6.14. The first-order valence-electron chi connectivity index (χ1n) is 7.77. The van der Waals surface area contributed by atoms with Crippen molar-refractivity contribution in [2.45, 2.75) is 59.1 Å². The van der Waals surface area contributed by atoms with Crippen LogP contribution in [-0.4, -0.2) is 14.7 Å². The Morgan fingerprint density at radius 2 is 1.77 bits per heavy atom. The lowest BCUT2D eigenvalue weighted by atomic mass is 9.99. The van der Waals surface area contributed by atoms with Gasteiger partial charge in [0.1, 0.15) is 0 Å². The van der Waals surface area contributed by atoms with Crippen LogP contribution in [0.3, 0.4) is 0 Å². The molecule has 0 unspecified atom stereocenters. The van der Waals surface area contributed by atoms with Gasteiger partial charge in [0, 0.05) is 21.1 Å². The van der Waals surface area contributed by atoms with Gasteiger partial charge < -0.3 is 9.41 Å².